The molecule has 0 spiro atoms. The van der Waals surface area contributed by atoms with Gasteiger partial charge in [0.25, 0.3) is 5.91 Å². The van der Waals surface area contributed by atoms with E-state index in [1.807, 2.05) is 6.92 Å². The summed E-state index contributed by atoms with van der Waals surface area (Å²) in [6, 6.07) is 11.1. The number of carbonyl (C=O) groups is 1. The van der Waals surface area contributed by atoms with Gasteiger partial charge in [-0.2, -0.15) is 5.10 Å². The SMILES string of the molecule is CCCOc1ccc(C(=O)N/N=C/c2ccc(OC)c([N+](=O)[O-])c2)cc1. The summed E-state index contributed by atoms with van der Waals surface area (Å²) in [5.74, 6) is 0.449. The Morgan fingerprint density at radius 3 is 2.62 bits per heavy atom. The van der Waals surface area contributed by atoms with Gasteiger partial charge in [-0.05, 0) is 42.8 Å². The Labute approximate surface area is 150 Å². The molecule has 0 aliphatic heterocycles. The molecule has 0 bridgehead atoms. The van der Waals surface area contributed by atoms with Crippen molar-refractivity contribution in [2.45, 2.75) is 13.3 Å². The van der Waals surface area contributed by atoms with Gasteiger partial charge in [-0.3, -0.25) is 14.9 Å². The number of nitro groups is 1. The summed E-state index contributed by atoms with van der Waals surface area (Å²) >= 11 is 0. The molecule has 0 aliphatic rings. The summed E-state index contributed by atoms with van der Waals surface area (Å²) in [6.45, 7) is 2.63. The number of hydrogen-bond acceptors (Lipinski definition) is 6. The zero-order chi connectivity index (χ0) is 18.9. The van der Waals surface area contributed by atoms with Crippen LogP contribution in [-0.4, -0.2) is 30.8 Å². The summed E-state index contributed by atoms with van der Waals surface area (Å²) in [4.78, 5) is 22.5. The largest absolute Gasteiger partial charge is 0.494 e. The first-order chi connectivity index (χ1) is 12.5. The van der Waals surface area contributed by atoms with Crippen LogP contribution >= 0.6 is 0 Å². The second-order valence-electron chi connectivity index (χ2n) is 5.26. The average Bonchev–Trinajstić information content (AvgIpc) is 2.66. The van der Waals surface area contributed by atoms with Gasteiger partial charge in [0.15, 0.2) is 5.75 Å². The molecule has 0 unspecified atom stereocenters. The third-order valence-electron chi connectivity index (χ3n) is 3.37. The molecule has 26 heavy (non-hydrogen) atoms. The Morgan fingerprint density at radius 1 is 1.27 bits per heavy atom. The second kappa shape index (κ2) is 9.16. The molecule has 2 aromatic carbocycles. The number of amides is 1. The highest BCUT2D eigenvalue weighted by atomic mass is 16.6. The molecule has 8 nitrogen and oxygen atoms in total. The molecule has 0 radical (unpaired) electrons. The highest BCUT2D eigenvalue weighted by Crippen LogP contribution is 2.26. The fraction of sp³-hybridized carbons (Fsp3) is 0.222. The normalized spacial score (nSPS) is 10.5. The minimum Gasteiger partial charge on any atom is -0.494 e. The van der Waals surface area contributed by atoms with Gasteiger partial charge in [-0.25, -0.2) is 5.43 Å². The minimum atomic E-state index is -0.545. The predicted molar refractivity (Wildman–Crippen MR) is 96.9 cm³/mol. The first kappa shape index (κ1) is 18.9. The number of methoxy groups -OCH3 is 1. The van der Waals surface area contributed by atoms with Crippen molar-refractivity contribution in [1.82, 2.24) is 5.43 Å². The minimum absolute atomic E-state index is 0.154. The summed E-state index contributed by atoms with van der Waals surface area (Å²) in [7, 11) is 1.36. The van der Waals surface area contributed by atoms with Crippen LogP contribution in [0.3, 0.4) is 0 Å². The molecular formula is C18H19N3O5. The van der Waals surface area contributed by atoms with Crippen molar-refractivity contribution in [1.29, 1.82) is 0 Å². The number of nitrogens with zero attached hydrogens (tertiary/aromatic N) is 2. The molecule has 2 rings (SSSR count). The molecule has 136 valence electrons. The lowest BCUT2D eigenvalue weighted by Gasteiger charge is -2.05. The summed E-state index contributed by atoms with van der Waals surface area (Å²) in [5.41, 5.74) is 3.08. The topological polar surface area (TPSA) is 103 Å². The third kappa shape index (κ3) is 5.04. The van der Waals surface area contributed by atoms with Crippen molar-refractivity contribution in [3.05, 3.63) is 63.7 Å². The second-order valence-corrected chi connectivity index (χ2v) is 5.26. The van der Waals surface area contributed by atoms with Crippen molar-refractivity contribution in [3.63, 3.8) is 0 Å². The lowest BCUT2D eigenvalue weighted by atomic mass is 10.2. The van der Waals surface area contributed by atoms with E-state index in [2.05, 4.69) is 10.5 Å². The van der Waals surface area contributed by atoms with Crippen LogP contribution in [-0.2, 0) is 0 Å². The van der Waals surface area contributed by atoms with E-state index in [-0.39, 0.29) is 11.4 Å². The Kier molecular flexibility index (Phi) is 6.67. The molecular weight excluding hydrogens is 338 g/mol. The highest BCUT2D eigenvalue weighted by Gasteiger charge is 2.14. The fourth-order valence-corrected chi connectivity index (χ4v) is 2.08. The van der Waals surface area contributed by atoms with E-state index < -0.39 is 10.8 Å². The fourth-order valence-electron chi connectivity index (χ4n) is 2.08. The van der Waals surface area contributed by atoms with Crippen LogP contribution in [0.1, 0.15) is 29.3 Å². The van der Waals surface area contributed by atoms with Gasteiger partial charge >= 0.3 is 5.69 Å². The molecule has 1 N–H and O–H groups in total. The van der Waals surface area contributed by atoms with Crippen molar-refractivity contribution >= 4 is 17.8 Å². The van der Waals surface area contributed by atoms with Crippen LogP contribution in [0.2, 0.25) is 0 Å². The van der Waals surface area contributed by atoms with Gasteiger partial charge in [-0.15, -0.1) is 0 Å². The molecule has 0 aliphatic carbocycles. The van der Waals surface area contributed by atoms with Crippen molar-refractivity contribution in [2.24, 2.45) is 5.10 Å². The van der Waals surface area contributed by atoms with Crippen molar-refractivity contribution in [2.75, 3.05) is 13.7 Å². The van der Waals surface area contributed by atoms with E-state index in [4.69, 9.17) is 9.47 Å². The molecule has 0 aromatic heterocycles. The third-order valence-corrected chi connectivity index (χ3v) is 3.37. The maximum Gasteiger partial charge on any atom is 0.311 e. The number of hydrazone groups is 1. The number of nitro benzene ring substituents is 1. The Balaban J connectivity index is 2.00. The van der Waals surface area contributed by atoms with Crippen molar-refractivity contribution < 1.29 is 19.2 Å². The van der Waals surface area contributed by atoms with Gasteiger partial charge in [-0.1, -0.05) is 6.92 Å². The molecule has 0 fully saturated rings. The van der Waals surface area contributed by atoms with Gasteiger partial charge in [0, 0.05) is 17.2 Å². The monoisotopic (exact) mass is 357 g/mol. The Morgan fingerprint density at radius 2 is 2.00 bits per heavy atom. The van der Waals surface area contributed by atoms with Gasteiger partial charge in [0.2, 0.25) is 0 Å². The van der Waals surface area contributed by atoms with E-state index >= 15 is 0 Å². The van der Waals surface area contributed by atoms with E-state index in [9.17, 15) is 14.9 Å². The lowest BCUT2D eigenvalue weighted by Crippen LogP contribution is -2.17. The quantitative estimate of drug-likeness (QED) is 0.444. The lowest BCUT2D eigenvalue weighted by molar-refractivity contribution is -0.385. The van der Waals surface area contributed by atoms with Crippen molar-refractivity contribution in [3.8, 4) is 11.5 Å². The number of carbonyl (C=O) groups excluding carboxylic acids is 1. The average molecular weight is 357 g/mol. The van der Waals surface area contributed by atoms with E-state index in [1.165, 1.54) is 25.5 Å². The number of ether oxygens (including phenoxy) is 2. The standard InChI is InChI=1S/C18H19N3O5/c1-3-10-26-15-7-5-14(6-8-15)18(22)20-19-12-13-4-9-17(25-2)16(11-13)21(23)24/h4-9,11-12H,3,10H2,1-2H3,(H,20,22)/b19-12+. The Hall–Kier alpha value is -3.42. The van der Waals surface area contributed by atoms with Crippen LogP contribution in [0.5, 0.6) is 11.5 Å². The number of hydrogen-bond donors (Lipinski definition) is 1. The molecule has 0 atom stereocenters. The zero-order valence-corrected chi connectivity index (χ0v) is 14.5. The number of rotatable bonds is 8. The van der Waals surface area contributed by atoms with Gasteiger partial charge in [0.1, 0.15) is 5.75 Å². The number of nitrogens with one attached hydrogen (secondary N) is 1. The van der Waals surface area contributed by atoms with Crippen LogP contribution < -0.4 is 14.9 Å². The first-order valence-electron chi connectivity index (χ1n) is 7.94. The molecule has 0 heterocycles. The maximum atomic E-state index is 12.0. The maximum absolute atomic E-state index is 12.0. The smallest absolute Gasteiger partial charge is 0.311 e. The van der Waals surface area contributed by atoms with Gasteiger partial charge < -0.3 is 9.47 Å². The summed E-state index contributed by atoms with van der Waals surface area (Å²) in [5, 5.41) is 14.8. The van der Waals surface area contributed by atoms with Crippen LogP contribution in [0.4, 0.5) is 5.69 Å². The predicted octanol–water partition coefficient (Wildman–Crippen LogP) is 3.16. The van der Waals surface area contributed by atoms with Crippen LogP contribution in [0.25, 0.3) is 0 Å². The van der Waals surface area contributed by atoms with E-state index in [0.29, 0.717) is 23.5 Å². The van der Waals surface area contributed by atoms with Gasteiger partial charge in [0.05, 0.1) is 24.9 Å². The molecule has 8 heteroatoms. The first-order valence-corrected chi connectivity index (χ1v) is 7.94. The van der Waals surface area contributed by atoms with E-state index in [0.717, 1.165) is 6.42 Å². The van der Waals surface area contributed by atoms with Crippen LogP contribution in [0, 0.1) is 10.1 Å². The molecule has 0 saturated carbocycles. The van der Waals surface area contributed by atoms with Crippen LogP contribution in [0.15, 0.2) is 47.6 Å². The zero-order valence-electron chi connectivity index (χ0n) is 14.5. The molecule has 1 amide bonds. The summed E-state index contributed by atoms with van der Waals surface area (Å²) in [6.07, 6.45) is 2.23. The van der Waals surface area contributed by atoms with E-state index in [1.54, 1.807) is 30.3 Å². The molecule has 2 aromatic rings. The summed E-state index contributed by atoms with van der Waals surface area (Å²) < 4.78 is 10.4. The highest BCUT2D eigenvalue weighted by molar-refractivity contribution is 5.95. The molecule has 0 saturated heterocycles. The Bertz CT molecular complexity index is 803. The number of benzene rings is 2.